The van der Waals surface area contributed by atoms with Gasteiger partial charge in [-0.1, -0.05) is 49.4 Å². The van der Waals surface area contributed by atoms with Crippen molar-refractivity contribution in [2.75, 3.05) is 19.6 Å². The van der Waals surface area contributed by atoms with Gasteiger partial charge in [0.05, 0.1) is 11.4 Å². The smallest absolute Gasteiger partial charge is 0.241 e. The number of nitrogens with zero attached hydrogens (tertiary/aromatic N) is 1. The number of nitrogens with one attached hydrogen (secondary N) is 1. The van der Waals surface area contributed by atoms with Gasteiger partial charge in [-0.15, -0.1) is 0 Å². The molecule has 6 heteroatoms. The highest BCUT2D eigenvalue weighted by Gasteiger charge is 2.22. The number of piperidine rings is 1. The maximum atomic E-state index is 12.4. The fourth-order valence-corrected chi connectivity index (χ4v) is 4.20. The maximum Gasteiger partial charge on any atom is 0.241 e. The van der Waals surface area contributed by atoms with Gasteiger partial charge >= 0.3 is 0 Å². The number of amides is 1. The van der Waals surface area contributed by atoms with Crippen molar-refractivity contribution in [3.63, 3.8) is 0 Å². The minimum Gasteiger partial charge on any atom is -0.341 e. The lowest BCUT2D eigenvalue weighted by Crippen LogP contribution is -2.44. The van der Waals surface area contributed by atoms with E-state index in [1.54, 1.807) is 29.2 Å². The monoisotopic (exact) mass is 372 g/mol. The number of hydrogen-bond donors (Lipinski definition) is 1. The minimum absolute atomic E-state index is 0.164. The van der Waals surface area contributed by atoms with Gasteiger partial charge in [-0.05, 0) is 42.0 Å². The number of sulfonamides is 1. The lowest BCUT2D eigenvalue weighted by molar-refractivity contribution is -0.131. The number of rotatable bonds is 5. The second-order valence-electron chi connectivity index (χ2n) is 6.80. The van der Waals surface area contributed by atoms with Crippen LogP contribution in [0, 0.1) is 5.92 Å². The van der Waals surface area contributed by atoms with Gasteiger partial charge in [0.2, 0.25) is 15.9 Å². The van der Waals surface area contributed by atoms with Crippen LogP contribution in [0.2, 0.25) is 0 Å². The van der Waals surface area contributed by atoms with E-state index in [-0.39, 0.29) is 17.3 Å². The summed E-state index contributed by atoms with van der Waals surface area (Å²) in [5.74, 6) is 0.302. The van der Waals surface area contributed by atoms with Gasteiger partial charge in [0.15, 0.2) is 0 Å². The first kappa shape index (κ1) is 18.6. The Labute approximate surface area is 155 Å². The van der Waals surface area contributed by atoms with E-state index in [1.165, 1.54) is 0 Å². The molecule has 5 nitrogen and oxygen atoms in total. The van der Waals surface area contributed by atoms with Gasteiger partial charge in [-0.25, -0.2) is 13.1 Å². The molecule has 1 aliphatic heterocycles. The normalized spacial score (nSPS) is 17.9. The average molecular weight is 372 g/mol. The highest BCUT2D eigenvalue weighted by Crippen LogP contribution is 2.21. The lowest BCUT2D eigenvalue weighted by atomic mass is 10.0. The third kappa shape index (κ3) is 4.51. The van der Waals surface area contributed by atoms with Crippen molar-refractivity contribution in [2.45, 2.75) is 24.7 Å². The van der Waals surface area contributed by atoms with Crippen molar-refractivity contribution < 1.29 is 13.2 Å². The second kappa shape index (κ2) is 8.01. The Hall–Kier alpha value is -2.18. The summed E-state index contributed by atoms with van der Waals surface area (Å²) < 4.78 is 27.3. The summed E-state index contributed by atoms with van der Waals surface area (Å²) in [4.78, 5) is 14.2. The van der Waals surface area contributed by atoms with E-state index < -0.39 is 10.0 Å². The maximum absolute atomic E-state index is 12.4. The molecule has 2 aromatic carbocycles. The van der Waals surface area contributed by atoms with E-state index in [0.717, 1.165) is 24.0 Å². The Bertz CT molecular complexity index is 848. The summed E-state index contributed by atoms with van der Waals surface area (Å²) in [5.41, 5.74) is 1.97. The zero-order valence-corrected chi connectivity index (χ0v) is 15.7. The highest BCUT2D eigenvalue weighted by molar-refractivity contribution is 7.89. The predicted octanol–water partition coefficient (Wildman–Crippen LogP) is 2.89. The Balaban J connectivity index is 1.63. The molecule has 1 N–H and O–H groups in total. The van der Waals surface area contributed by atoms with Crippen LogP contribution in [0.15, 0.2) is 59.5 Å². The molecule has 1 saturated heterocycles. The first-order valence-electron chi connectivity index (χ1n) is 8.88. The molecular weight excluding hydrogens is 348 g/mol. The van der Waals surface area contributed by atoms with Crippen molar-refractivity contribution in [2.24, 2.45) is 5.92 Å². The molecule has 0 radical (unpaired) electrons. The first-order chi connectivity index (χ1) is 12.5. The molecule has 0 unspecified atom stereocenters. The Morgan fingerprint density at radius 2 is 1.73 bits per heavy atom. The molecule has 1 aliphatic rings. The average Bonchev–Trinajstić information content (AvgIpc) is 2.67. The highest BCUT2D eigenvalue weighted by atomic mass is 32.2. The van der Waals surface area contributed by atoms with E-state index >= 15 is 0 Å². The molecule has 2 aromatic rings. The van der Waals surface area contributed by atoms with Crippen molar-refractivity contribution in [1.29, 1.82) is 0 Å². The quantitative estimate of drug-likeness (QED) is 0.878. The van der Waals surface area contributed by atoms with Gasteiger partial charge in [0, 0.05) is 13.1 Å². The van der Waals surface area contributed by atoms with Crippen LogP contribution in [0.4, 0.5) is 0 Å². The standard InChI is InChI=1S/C20H24N2O3S/c1-16-6-5-13-22(15-16)20(23)14-21-26(24,25)19-11-9-18(10-12-19)17-7-3-2-4-8-17/h2-4,7-12,16,21H,5-6,13-15H2,1H3/t16-/m1/s1. The molecule has 1 fully saturated rings. The van der Waals surface area contributed by atoms with Gasteiger partial charge in [-0.3, -0.25) is 4.79 Å². The Morgan fingerprint density at radius 1 is 1.08 bits per heavy atom. The summed E-state index contributed by atoms with van der Waals surface area (Å²) in [6, 6.07) is 16.4. The summed E-state index contributed by atoms with van der Waals surface area (Å²) >= 11 is 0. The van der Waals surface area contributed by atoms with E-state index in [4.69, 9.17) is 0 Å². The zero-order valence-electron chi connectivity index (χ0n) is 14.9. The molecule has 3 rings (SSSR count). The third-order valence-electron chi connectivity index (χ3n) is 4.69. The molecule has 138 valence electrons. The van der Waals surface area contributed by atoms with Crippen LogP contribution < -0.4 is 4.72 Å². The molecule has 1 amide bonds. The molecule has 0 saturated carbocycles. The summed E-state index contributed by atoms with van der Waals surface area (Å²) in [6.45, 7) is 3.32. The number of hydrogen-bond acceptors (Lipinski definition) is 3. The molecule has 0 bridgehead atoms. The Kier molecular flexibility index (Phi) is 5.74. The van der Waals surface area contributed by atoms with Crippen LogP contribution in [0.3, 0.4) is 0 Å². The van der Waals surface area contributed by atoms with Gasteiger partial charge in [0.1, 0.15) is 0 Å². The van der Waals surface area contributed by atoms with E-state index in [0.29, 0.717) is 19.0 Å². The van der Waals surface area contributed by atoms with Gasteiger partial charge < -0.3 is 4.90 Å². The fraction of sp³-hybridized carbons (Fsp3) is 0.350. The second-order valence-corrected chi connectivity index (χ2v) is 8.57. The molecule has 0 aliphatic carbocycles. The van der Waals surface area contributed by atoms with Crippen molar-refractivity contribution in [3.05, 3.63) is 54.6 Å². The van der Waals surface area contributed by atoms with Crippen molar-refractivity contribution in [1.82, 2.24) is 9.62 Å². The van der Waals surface area contributed by atoms with Crippen LogP contribution >= 0.6 is 0 Å². The van der Waals surface area contributed by atoms with Crippen LogP contribution in [0.1, 0.15) is 19.8 Å². The number of carbonyl (C=O) groups excluding carboxylic acids is 1. The van der Waals surface area contributed by atoms with E-state index in [2.05, 4.69) is 11.6 Å². The molecule has 0 spiro atoms. The van der Waals surface area contributed by atoms with Crippen molar-refractivity contribution in [3.8, 4) is 11.1 Å². The van der Waals surface area contributed by atoms with Crippen LogP contribution in [-0.2, 0) is 14.8 Å². The predicted molar refractivity (Wildman–Crippen MR) is 102 cm³/mol. The third-order valence-corrected chi connectivity index (χ3v) is 6.11. The summed E-state index contributed by atoms with van der Waals surface area (Å²) in [6.07, 6.45) is 2.09. The minimum atomic E-state index is -3.70. The van der Waals surface area contributed by atoms with E-state index in [1.807, 2.05) is 30.3 Å². The van der Waals surface area contributed by atoms with Crippen LogP contribution in [0.25, 0.3) is 11.1 Å². The number of likely N-dealkylation sites (tertiary alicyclic amines) is 1. The summed E-state index contributed by atoms with van der Waals surface area (Å²) in [7, 11) is -3.70. The Morgan fingerprint density at radius 3 is 2.38 bits per heavy atom. The lowest BCUT2D eigenvalue weighted by Gasteiger charge is -2.31. The SMILES string of the molecule is C[C@@H]1CCCN(C(=O)CNS(=O)(=O)c2ccc(-c3ccccc3)cc2)C1. The molecular formula is C20H24N2O3S. The molecule has 26 heavy (non-hydrogen) atoms. The first-order valence-corrected chi connectivity index (χ1v) is 10.4. The zero-order chi connectivity index (χ0) is 18.6. The van der Waals surface area contributed by atoms with E-state index in [9.17, 15) is 13.2 Å². The molecule has 1 heterocycles. The molecule has 0 aromatic heterocycles. The van der Waals surface area contributed by atoms with Crippen LogP contribution in [-0.4, -0.2) is 38.9 Å². The van der Waals surface area contributed by atoms with Crippen molar-refractivity contribution >= 4 is 15.9 Å². The number of carbonyl (C=O) groups is 1. The van der Waals surface area contributed by atoms with Crippen LogP contribution in [0.5, 0.6) is 0 Å². The van der Waals surface area contributed by atoms with Gasteiger partial charge in [0.25, 0.3) is 0 Å². The largest absolute Gasteiger partial charge is 0.341 e. The van der Waals surface area contributed by atoms with Gasteiger partial charge in [-0.2, -0.15) is 0 Å². The topological polar surface area (TPSA) is 66.5 Å². The fourth-order valence-electron chi connectivity index (χ4n) is 3.22. The molecule has 1 atom stereocenters. The summed E-state index contributed by atoms with van der Waals surface area (Å²) in [5, 5.41) is 0. The number of benzene rings is 2.